The average molecular weight is 346 g/mol. The molecule has 2 aliphatic rings. The first-order valence-corrected chi connectivity index (χ1v) is 7.32. The first kappa shape index (κ1) is 14.8. The van der Waals surface area contributed by atoms with Crippen LogP contribution in [-0.2, 0) is 6.54 Å². The van der Waals surface area contributed by atoms with Gasteiger partial charge in [0, 0.05) is 23.1 Å². The van der Waals surface area contributed by atoms with E-state index in [2.05, 4.69) is 21.2 Å². The molecule has 1 fully saturated rings. The summed E-state index contributed by atoms with van der Waals surface area (Å²) in [4.78, 5) is 14.3. The standard InChI is InChI=1S/C14H17BrN2O.ClH/c15-13-3-1-2-11-12(13)9-17(14(11)18)8-10-4-6-16-7-5-10;/h1-3,10,16H,4-9H2;1H. The van der Waals surface area contributed by atoms with Gasteiger partial charge in [0.2, 0.25) is 0 Å². The zero-order valence-corrected chi connectivity index (χ0v) is 13.1. The van der Waals surface area contributed by atoms with E-state index >= 15 is 0 Å². The number of fused-ring (bicyclic) bond motifs is 1. The molecular formula is C14H18BrClN2O. The predicted octanol–water partition coefficient (Wildman–Crippen LogP) is 2.83. The van der Waals surface area contributed by atoms with Crippen LogP contribution in [0.4, 0.5) is 0 Å². The number of amides is 1. The minimum atomic E-state index is 0. The highest BCUT2D eigenvalue weighted by molar-refractivity contribution is 9.10. The van der Waals surface area contributed by atoms with Crippen molar-refractivity contribution in [2.75, 3.05) is 19.6 Å². The molecule has 0 saturated carbocycles. The second kappa shape index (κ2) is 6.25. The Morgan fingerprint density at radius 1 is 1.32 bits per heavy atom. The molecule has 2 heterocycles. The van der Waals surface area contributed by atoms with E-state index in [1.165, 1.54) is 12.8 Å². The third kappa shape index (κ3) is 2.96. The average Bonchev–Trinajstić information content (AvgIpc) is 2.70. The molecule has 1 aromatic rings. The lowest BCUT2D eigenvalue weighted by atomic mass is 9.98. The summed E-state index contributed by atoms with van der Waals surface area (Å²) in [5, 5.41) is 3.37. The molecule has 0 unspecified atom stereocenters. The molecular weight excluding hydrogens is 328 g/mol. The van der Waals surface area contributed by atoms with E-state index in [1.54, 1.807) is 0 Å². The van der Waals surface area contributed by atoms with E-state index in [-0.39, 0.29) is 18.3 Å². The topological polar surface area (TPSA) is 32.3 Å². The number of benzene rings is 1. The minimum Gasteiger partial charge on any atom is -0.334 e. The molecule has 1 saturated heterocycles. The maximum atomic E-state index is 12.3. The van der Waals surface area contributed by atoms with Gasteiger partial charge in [0.25, 0.3) is 5.91 Å². The highest BCUT2D eigenvalue weighted by Crippen LogP contribution is 2.30. The number of hydrogen-bond acceptors (Lipinski definition) is 2. The van der Waals surface area contributed by atoms with Gasteiger partial charge in [-0.25, -0.2) is 0 Å². The number of nitrogens with one attached hydrogen (secondary N) is 1. The molecule has 1 aromatic carbocycles. The maximum absolute atomic E-state index is 12.3. The molecule has 3 nitrogen and oxygen atoms in total. The lowest BCUT2D eigenvalue weighted by Gasteiger charge is -2.27. The van der Waals surface area contributed by atoms with E-state index in [4.69, 9.17) is 0 Å². The lowest BCUT2D eigenvalue weighted by Crippen LogP contribution is -2.36. The molecule has 0 radical (unpaired) electrons. The summed E-state index contributed by atoms with van der Waals surface area (Å²) >= 11 is 3.54. The van der Waals surface area contributed by atoms with Crippen molar-refractivity contribution in [2.45, 2.75) is 19.4 Å². The Balaban J connectivity index is 0.00000133. The molecule has 0 spiro atoms. The summed E-state index contributed by atoms with van der Waals surface area (Å²) in [5.41, 5.74) is 2.02. The number of hydrogen-bond donors (Lipinski definition) is 1. The smallest absolute Gasteiger partial charge is 0.254 e. The normalized spacial score (nSPS) is 19.2. The van der Waals surface area contributed by atoms with Crippen LogP contribution in [0.2, 0.25) is 0 Å². The number of rotatable bonds is 2. The van der Waals surface area contributed by atoms with Crippen LogP contribution >= 0.6 is 28.3 Å². The van der Waals surface area contributed by atoms with Crippen molar-refractivity contribution in [3.05, 3.63) is 33.8 Å². The second-order valence-electron chi connectivity index (χ2n) is 5.15. The first-order chi connectivity index (χ1) is 8.75. The molecule has 5 heteroatoms. The Kier molecular flexibility index (Phi) is 4.87. The Hall–Kier alpha value is -0.580. The van der Waals surface area contributed by atoms with Gasteiger partial charge in [-0.2, -0.15) is 0 Å². The summed E-state index contributed by atoms with van der Waals surface area (Å²) in [6.45, 7) is 3.84. The quantitative estimate of drug-likeness (QED) is 0.894. The summed E-state index contributed by atoms with van der Waals surface area (Å²) in [5.74, 6) is 0.855. The summed E-state index contributed by atoms with van der Waals surface area (Å²) in [6, 6.07) is 5.89. The second-order valence-corrected chi connectivity index (χ2v) is 6.00. The molecule has 0 aliphatic carbocycles. The largest absolute Gasteiger partial charge is 0.334 e. The molecule has 2 aliphatic heterocycles. The molecule has 1 N–H and O–H groups in total. The highest BCUT2D eigenvalue weighted by atomic mass is 79.9. The van der Waals surface area contributed by atoms with Crippen LogP contribution in [0.5, 0.6) is 0 Å². The number of carbonyl (C=O) groups is 1. The number of carbonyl (C=O) groups excluding carboxylic acids is 1. The van der Waals surface area contributed by atoms with Crippen LogP contribution in [-0.4, -0.2) is 30.4 Å². The summed E-state index contributed by atoms with van der Waals surface area (Å²) in [7, 11) is 0. The van der Waals surface area contributed by atoms with E-state index in [9.17, 15) is 4.79 Å². The maximum Gasteiger partial charge on any atom is 0.254 e. The van der Waals surface area contributed by atoms with Crippen LogP contribution in [0.3, 0.4) is 0 Å². The van der Waals surface area contributed by atoms with E-state index in [0.717, 1.165) is 41.8 Å². The third-order valence-electron chi connectivity index (χ3n) is 3.92. The van der Waals surface area contributed by atoms with Gasteiger partial charge in [-0.05, 0) is 49.5 Å². The van der Waals surface area contributed by atoms with Gasteiger partial charge in [-0.1, -0.05) is 22.0 Å². The first-order valence-electron chi connectivity index (χ1n) is 6.53. The SMILES string of the molecule is Cl.O=C1c2cccc(Br)c2CN1CC1CCNCC1. The van der Waals surface area contributed by atoms with E-state index in [1.807, 2.05) is 23.1 Å². The van der Waals surface area contributed by atoms with Crippen molar-refractivity contribution in [1.82, 2.24) is 10.2 Å². The molecule has 3 rings (SSSR count). The molecule has 0 atom stereocenters. The molecule has 0 bridgehead atoms. The van der Waals surface area contributed by atoms with Crippen molar-refractivity contribution in [3.63, 3.8) is 0 Å². The third-order valence-corrected chi connectivity index (χ3v) is 4.67. The van der Waals surface area contributed by atoms with E-state index < -0.39 is 0 Å². The minimum absolute atomic E-state index is 0. The van der Waals surface area contributed by atoms with Gasteiger partial charge in [-0.3, -0.25) is 4.79 Å². The lowest BCUT2D eigenvalue weighted by molar-refractivity contribution is 0.0740. The fourth-order valence-electron chi connectivity index (χ4n) is 2.88. The number of halogens is 2. The Labute approximate surface area is 128 Å². The number of piperidine rings is 1. The van der Waals surface area contributed by atoms with E-state index in [0.29, 0.717) is 5.92 Å². The fraction of sp³-hybridized carbons (Fsp3) is 0.500. The van der Waals surface area contributed by atoms with Crippen molar-refractivity contribution in [3.8, 4) is 0 Å². The molecule has 19 heavy (non-hydrogen) atoms. The van der Waals surface area contributed by atoms with Crippen molar-refractivity contribution in [2.24, 2.45) is 5.92 Å². The molecule has 1 amide bonds. The number of nitrogens with zero attached hydrogens (tertiary/aromatic N) is 1. The van der Waals surface area contributed by atoms with Crippen molar-refractivity contribution in [1.29, 1.82) is 0 Å². The van der Waals surface area contributed by atoms with Crippen LogP contribution in [0.15, 0.2) is 22.7 Å². The van der Waals surface area contributed by atoms with Crippen LogP contribution in [0.1, 0.15) is 28.8 Å². The molecule has 0 aromatic heterocycles. The van der Waals surface area contributed by atoms with Gasteiger partial charge < -0.3 is 10.2 Å². The van der Waals surface area contributed by atoms with Crippen LogP contribution in [0.25, 0.3) is 0 Å². The summed E-state index contributed by atoms with van der Waals surface area (Å²) < 4.78 is 1.06. The molecule has 104 valence electrons. The van der Waals surface area contributed by atoms with Crippen molar-refractivity contribution >= 4 is 34.2 Å². The fourth-order valence-corrected chi connectivity index (χ4v) is 3.37. The zero-order chi connectivity index (χ0) is 12.5. The van der Waals surface area contributed by atoms with Gasteiger partial charge in [0.15, 0.2) is 0 Å². The van der Waals surface area contributed by atoms with Gasteiger partial charge in [0.1, 0.15) is 0 Å². The van der Waals surface area contributed by atoms with Crippen LogP contribution < -0.4 is 5.32 Å². The highest BCUT2D eigenvalue weighted by Gasteiger charge is 2.30. The van der Waals surface area contributed by atoms with Gasteiger partial charge in [0.05, 0.1) is 0 Å². The summed E-state index contributed by atoms with van der Waals surface area (Å²) in [6.07, 6.45) is 2.36. The Bertz CT molecular complexity index is 475. The van der Waals surface area contributed by atoms with Gasteiger partial charge >= 0.3 is 0 Å². The van der Waals surface area contributed by atoms with Gasteiger partial charge in [-0.15, -0.1) is 12.4 Å². The monoisotopic (exact) mass is 344 g/mol. The Morgan fingerprint density at radius 3 is 2.74 bits per heavy atom. The van der Waals surface area contributed by atoms with Crippen LogP contribution in [0, 0.1) is 5.92 Å². The van der Waals surface area contributed by atoms with Crippen molar-refractivity contribution < 1.29 is 4.79 Å². The predicted molar refractivity (Wildman–Crippen MR) is 81.7 cm³/mol. The zero-order valence-electron chi connectivity index (χ0n) is 10.7. The Morgan fingerprint density at radius 2 is 2.05 bits per heavy atom.